The molecule has 0 unspecified atom stereocenters. The van der Waals surface area contributed by atoms with Crippen LogP contribution in [0.5, 0.6) is 0 Å². The van der Waals surface area contributed by atoms with E-state index < -0.39 is 0 Å². The lowest BCUT2D eigenvalue weighted by molar-refractivity contribution is 0.373. The van der Waals surface area contributed by atoms with E-state index in [-0.39, 0.29) is 0 Å². The summed E-state index contributed by atoms with van der Waals surface area (Å²) in [6.07, 6.45) is 9.41. The minimum absolute atomic E-state index is 0.699. The fourth-order valence-corrected chi connectivity index (χ4v) is 2.51. The summed E-state index contributed by atoms with van der Waals surface area (Å²) in [7, 11) is 0. The van der Waals surface area contributed by atoms with Crippen LogP contribution in [0, 0.1) is 5.92 Å². The summed E-state index contributed by atoms with van der Waals surface area (Å²) in [5, 5.41) is 6.68. The Kier molecular flexibility index (Phi) is 5.88. The molecule has 1 aromatic rings. The highest BCUT2D eigenvalue weighted by Gasteiger charge is 2.13. The third kappa shape index (κ3) is 5.03. The topological polar surface area (TPSA) is 75.9 Å². The van der Waals surface area contributed by atoms with Crippen LogP contribution in [0.1, 0.15) is 38.5 Å². The molecular formula is C14H25N5. The molecule has 5 nitrogen and oxygen atoms in total. The highest BCUT2D eigenvalue weighted by Crippen LogP contribution is 2.23. The molecule has 4 N–H and O–H groups in total. The van der Waals surface area contributed by atoms with Crippen molar-refractivity contribution in [1.29, 1.82) is 0 Å². The van der Waals surface area contributed by atoms with E-state index in [1.165, 1.54) is 32.1 Å². The number of hydrogen-bond acceptors (Lipinski definition) is 5. The number of aromatic nitrogens is 2. The van der Waals surface area contributed by atoms with Gasteiger partial charge in [0.25, 0.3) is 0 Å². The van der Waals surface area contributed by atoms with E-state index >= 15 is 0 Å². The van der Waals surface area contributed by atoms with Crippen molar-refractivity contribution in [2.45, 2.75) is 38.5 Å². The second-order valence-electron chi connectivity index (χ2n) is 5.24. The van der Waals surface area contributed by atoms with Crippen molar-refractivity contribution < 1.29 is 0 Å². The van der Waals surface area contributed by atoms with E-state index in [2.05, 4.69) is 20.6 Å². The van der Waals surface area contributed by atoms with Crippen molar-refractivity contribution in [2.24, 2.45) is 11.7 Å². The molecule has 1 fully saturated rings. The molecule has 0 radical (unpaired) electrons. The van der Waals surface area contributed by atoms with E-state index in [1.807, 2.05) is 6.07 Å². The second kappa shape index (κ2) is 7.94. The molecule has 5 heteroatoms. The predicted molar refractivity (Wildman–Crippen MR) is 79.3 cm³/mol. The quantitative estimate of drug-likeness (QED) is 0.658. The molecule has 2 rings (SSSR count). The monoisotopic (exact) mass is 263 g/mol. The Hall–Kier alpha value is -1.36. The van der Waals surface area contributed by atoms with Gasteiger partial charge in [0.2, 0.25) is 0 Å². The maximum absolute atomic E-state index is 5.47. The average Bonchev–Trinajstić information content (AvgIpc) is 2.47. The van der Waals surface area contributed by atoms with Crippen molar-refractivity contribution in [3.8, 4) is 0 Å². The number of rotatable bonds is 7. The van der Waals surface area contributed by atoms with Crippen LogP contribution in [0.25, 0.3) is 0 Å². The number of nitrogens with two attached hydrogens (primary N) is 1. The molecule has 106 valence electrons. The molecule has 1 aliphatic carbocycles. The van der Waals surface area contributed by atoms with Crippen LogP contribution in [0.15, 0.2) is 12.4 Å². The fourth-order valence-electron chi connectivity index (χ4n) is 2.51. The van der Waals surface area contributed by atoms with Crippen molar-refractivity contribution in [2.75, 3.05) is 30.3 Å². The predicted octanol–water partition coefficient (Wildman–Crippen LogP) is 2.23. The Balaban J connectivity index is 1.77. The number of hydrogen-bond donors (Lipinski definition) is 3. The molecule has 0 aromatic carbocycles. The van der Waals surface area contributed by atoms with Crippen molar-refractivity contribution in [3.63, 3.8) is 0 Å². The van der Waals surface area contributed by atoms with Gasteiger partial charge in [-0.15, -0.1) is 0 Å². The molecule has 1 heterocycles. The Bertz CT molecular complexity index is 363. The first-order valence-electron chi connectivity index (χ1n) is 7.38. The molecule has 0 aliphatic heterocycles. The summed E-state index contributed by atoms with van der Waals surface area (Å²) >= 11 is 0. The van der Waals surface area contributed by atoms with Gasteiger partial charge in [0.15, 0.2) is 0 Å². The normalized spacial score (nSPS) is 16.3. The van der Waals surface area contributed by atoms with Crippen molar-refractivity contribution in [1.82, 2.24) is 9.97 Å². The molecule has 0 atom stereocenters. The van der Waals surface area contributed by atoms with Crippen LogP contribution >= 0.6 is 0 Å². The largest absolute Gasteiger partial charge is 0.370 e. The summed E-state index contributed by atoms with van der Waals surface area (Å²) in [4.78, 5) is 8.47. The van der Waals surface area contributed by atoms with Crippen molar-refractivity contribution in [3.05, 3.63) is 12.4 Å². The van der Waals surface area contributed by atoms with E-state index in [9.17, 15) is 0 Å². The summed E-state index contributed by atoms with van der Waals surface area (Å²) in [5.74, 6) is 2.59. The molecule has 0 spiro atoms. The van der Waals surface area contributed by atoms with Gasteiger partial charge in [-0.2, -0.15) is 0 Å². The standard InChI is InChI=1S/C14H25N5/c15-7-4-8-16-13-9-14(19-11-18-13)17-10-12-5-2-1-3-6-12/h9,11-12H,1-8,10,15H2,(H2,16,17,18,19). The van der Waals surface area contributed by atoms with Gasteiger partial charge in [-0.3, -0.25) is 0 Å². The number of anilines is 2. The molecule has 1 saturated carbocycles. The zero-order chi connectivity index (χ0) is 13.3. The number of nitrogens with one attached hydrogen (secondary N) is 2. The maximum Gasteiger partial charge on any atom is 0.131 e. The summed E-state index contributed by atoms with van der Waals surface area (Å²) in [6.45, 7) is 2.58. The first-order valence-corrected chi connectivity index (χ1v) is 7.38. The fraction of sp³-hybridized carbons (Fsp3) is 0.714. The second-order valence-corrected chi connectivity index (χ2v) is 5.24. The molecule has 1 aliphatic rings. The van der Waals surface area contributed by atoms with Gasteiger partial charge in [0.1, 0.15) is 18.0 Å². The van der Waals surface area contributed by atoms with Gasteiger partial charge < -0.3 is 16.4 Å². The average molecular weight is 263 g/mol. The zero-order valence-corrected chi connectivity index (χ0v) is 11.6. The van der Waals surface area contributed by atoms with Crippen LogP contribution in [0.2, 0.25) is 0 Å². The van der Waals surface area contributed by atoms with Gasteiger partial charge >= 0.3 is 0 Å². The zero-order valence-electron chi connectivity index (χ0n) is 11.6. The maximum atomic E-state index is 5.47. The van der Waals surface area contributed by atoms with Gasteiger partial charge in [0, 0.05) is 19.2 Å². The Morgan fingerprint density at radius 2 is 1.84 bits per heavy atom. The summed E-state index contributed by atoms with van der Waals surface area (Å²) < 4.78 is 0. The van der Waals surface area contributed by atoms with E-state index in [1.54, 1.807) is 6.33 Å². The number of nitrogens with zero attached hydrogens (tertiary/aromatic N) is 2. The van der Waals surface area contributed by atoms with Gasteiger partial charge in [0.05, 0.1) is 0 Å². The van der Waals surface area contributed by atoms with E-state index in [0.717, 1.165) is 37.1 Å². The lowest BCUT2D eigenvalue weighted by Gasteiger charge is -2.22. The molecule has 19 heavy (non-hydrogen) atoms. The van der Waals surface area contributed by atoms with Crippen LogP contribution < -0.4 is 16.4 Å². The highest BCUT2D eigenvalue weighted by atomic mass is 15.1. The molecular weight excluding hydrogens is 238 g/mol. The SMILES string of the molecule is NCCCNc1cc(NCC2CCCCC2)ncn1. The molecule has 0 saturated heterocycles. The smallest absolute Gasteiger partial charge is 0.131 e. The summed E-state index contributed by atoms with van der Waals surface area (Å²) in [5.41, 5.74) is 5.47. The van der Waals surface area contributed by atoms with Gasteiger partial charge in [-0.05, 0) is 31.7 Å². The van der Waals surface area contributed by atoms with E-state index in [0.29, 0.717) is 6.54 Å². The Labute approximate surface area is 115 Å². The van der Waals surface area contributed by atoms with Crippen LogP contribution in [-0.2, 0) is 0 Å². The van der Waals surface area contributed by atoms with Crippen LogP contribution in [0.3, 0.4) is 0 Å². The van der Waals surface area contributed by atoms with Crippen LogP contribution in [-0.4, -0.2) is 29.6 Å². The molecule has 1 aromatic heterocycles. The minimum Gasteiger partial charge on any atom is -0.370 e. The third-order valence-electron chi connectivity index (χ3n) is 3.65. The first-order chi connectivity index (χ1) is 9.38. The van der Waals surface area contributed by atoms with Crippen LogP contribution in [0.4, 0.5) is 11.6 Å². The van der Waals surface area contributed by atoms with Gasteiger partial charge in [-0.1, -0.05) is 19.3 Å². The lowest BCUT2D eigenvalue weighted by Crippen LogP contribution is -2.18. The minimum atomic E-state index is 0.699. The third-order valence-corrected chi connectivity index (χ3v) is 3.65. The van der Waals surface area contributed by atoms with Crippen molar-refractivity contribution >= 4 is 11.6 Å². The molecule has 0 amide bonds. The molecule has 0 bridgehead atoms. The van der Waals surface area contributed by atoms with E-state index in [4.69, 9.17) is 5.73 Å². The Morgan fingerprint density at radius 3 is 2.58 bits per heavy atom. The lowest BCUT2D eigenvalue weighted by atomic mass is 9.89. The van der Waals surface area contributed by atoms with Gasteiger partial charge in [-0.25, -0.2) is 9.97 Å². The highest BCUT2D eigenvalue weighted by molar-refractivity contribution is 5.46. The summed E-state index contributed by atoms with van der Waals surface area (Å²) in [6, 6.07) is 1.97. The first kappa shape index (κ1) is 14.1. The Morgan fingerprint density at radius 1 is 1.11 bits per heavy atom.